The SMILES string of the molecule is CCC[C@@H](C(=O)NC[C@H](c1cccs1)N(C)C)c1ccccc1. The zero-order valence-corrected chi connectivity index (χ0v) is 15.0. The molecule has 124 valence electrons. The third-order valence-corrected chi connectivity index (χ3v) is 5.03. The highest BCUT2D eigenvalue weighted by molar-refractivity contribution is 7.10. The van der Waals surface area contributed by atoms with Crippen LogP contribution in [0.2, 0.25) is 0 Å². The molecule has 0 aliphatic heterocycles. The number of likely N-dealkylation sites (N-methyl/N-ethyl adjacent to an activating group) is 1. The summed E-state index contributed by atoms with van der Waals surface area (Å²) in [6.07, 6.45) is 1.87. The molecule has 0 aliphatic carbocycles. The van der Waals surface area contributed by atoms with E-state index in [1.807, 2.05) is 30.3 Å². The molecular formula is C19H26N2OS. The molecule has 23 heavy (non-hydrogen) atoms. The molecule has 1 amide bonds. The van der Waals surface area contributed by atoms with Crippen LogP contribution in [0.25, 0.3) is 0 Å². The quantitative estimate of drug-likeness (QED) is 0.792. The van der Waals surface area contributed by atoms with E-state index in [0.717, 1.165) is 18.4 Å². The molecule has 0 fully saturated rings. The van der Waals surface area contributed by atoms with Gasteiger partial charge in [0.05, 0.1) is 12.0 Å². The molecule has 1 heterocycles. The molecule has 2 aromatic rings. The highest BCUT2D eigenvalue weighted by atomic mass is 32.1. The fraction of sp³-hybridized carbons (Fsp3) is 0.421. The second kappa shape index (κ2) is 8.85. The van der Waals surface area contributed by atoms with Crippen LogP contribution in [0.5, 0.6) is 0 Å². The summed E-state index contributed by atoms with van der Waals surface area (Å²) in [5.74, 6) is 0.0637. The number of carbonyl (C=O) groups excluding carboxylic acids is 1. The van der Waals surface area contributed by atoms with E-state index in [9.17, 15) is 4.79 Å². The summed E-state index contributed by atoms with van der Waals surface area (Å²) in [5, 5.41) is 5.24. The highest BCUT2D eigenvalue weighted by Gasteiger charge is 2.22. The molecule has 1 N–H and O–H groups in total. The maximum absolute atomic E-state index is 12.7. The van der Waals surface area contributed by atoms with Gasteiger partial charge in [-0.1, -0.05) is 49.7 Å². The van der Waals surface area contributed by atoms with Gasteiger partial charge in [0, 0.05) is 11.4 Å². The summed E-state index contributed by atoms with van der Waals surface area (Å²) in [5.41, 5.74) is 1.10. The van der Waals surface area contributed by atoms with E-state index in [1.165, 1.54) is 4.88 Å². The van der Waals surface area contributed by atoms with Gasteiger partial charge in [-0.2, -0.15) is 0 Å². The van der Waals surface area contributed by atoms with Crippen LogP contribution in [0.4, 0.5) is 0 Å². The van der Waals surface area contributed by atoms with Crippen molar-refractivity contribution in [1.82, 2.24) is 10.2 Å². The number of nitrogens with one attached hydrogen (secondary N) is 1. The first-order chi connectivity index (χ1) is 11.1. The maximum atomic E-state index is 12.7. The molecule has 0 bridgehead atoms. The number of hydrogen-bond donors (Lipinski definition) is 1. The summed E-state index contributed by atoms with van der Waals surface area (Å²) < 4.78 is 0. The first-order valence-corrected chi connectivity index (χ1v) is 9.04. The lowest BCUT2D eigenvalue weighted by molar-refractivity contribution is -0.123. The molecule has 3 nitrogen and oxygen atoms in total. The van der Waals surface area contributed by atoms with Gasteiger partial charge in [0.1, 0.15) is 0 Å². The Morgan fingerprint density at radius 1 is 1.17 bits per heavy atom. The Bertz CT molecular complexity index is 581. The number of thiophene rings is 1. The summed E-state index contributed by atoms with van der Waals surface area (Å²) in [7, 11) is 4.11. The zero-order valence-electron chi connectivity index (χ0n) is 14.2. The Morgan fingerprint density at radius 2 is 1.91 bits per heavy atom. The molecule has 0 unspecified atom stereocenters. The van der Waals surface area contributed by atoms with Crippen LogP contribution in [0.3, 0.4) is 0 Å². The van der Waals surface area contributed by atoms with Crippen LogP contribution in [-0.2, 0) is 4.79 Å². The third-order valence-electron chi connectivity index (χ3n) is 4.06. The van der Waals surface area contributed by atoms with Gasteiger partial charge < -0.3 is 10.2 Å². The number of benzene rings is 1. The standard InChI is InChI=1S/C19H26N2OS/c1-4-9-16(15-10-6-5-7-11-15)19(22)20-14-17(21(2)3)18-12-8-13-23-18/h5-8,10-13,16-17H,4,9,14H2,1-3H3,(H,20,22)/t16-,17-/m1/s1. The normalized spacial score (nSPS) is 13.7. The van der Waals surface area contributed by atoms with Gasteiger partial charge >= 0.3 is 0 Å². The third kappa shape index (κ3) is 4.91. The van der Waals surface area contributed by atoms with E-state index in [0.29, 0.717) is 6.54 Å². The number of amides is 1. The topological polar surface area (TPSA) is 32.3 Å². The van der Waals surface area contributed by atoms with Crippen molar-refractivity contribution >= 4 is 17.2 Å². The lowest BCUT2D eigenvalue weighted by atomic mass is 9.93. The largest absolute Gasteiger partial charge is 0.354 e. The van der Waals surface area contributed by atoms with Gasteiger partial charge in [0.25, 0.3) is 0 Å². The molecule has 2 rings (SSSR count). The molecule has 0 radical (unpaired) electrons. The molecule has 0 aliphatic rings. The Morgan fingerprint density at radius 3 is 2.48 bits per heavy atom. The molecular weight excluding hydrogens is 304 g/mol. The van der Waals surface area contributed by atoms with E-state index in [4.69, 9.17) is 0 Å². The van der Waals surface area contributed by atoms with Crippen LogP contribution >= 0.6 is 11.3 Å². The number of nitrogens with zero attached hydrogens (tertiary/aromatic N) is 1. The second-order valence-electron chi connectivity index (χ2n) is 5.99. The number of carbonyl (C=O) groups is 1. The lowest BCUT2D eigenvalue weighted by Crippen LogP contribution is -2.36. The van der Waals surface area contributed by atoms with Crippen LogP contribution in [0, 0.1) is 0 Å². The van der Waals surface area contributed by atoms with E-state index in [-0.39, 0.29) is 17.9 Å². The average Bonchev–Trinajstić information content (AvgIpc) is 3.07. The van der Waals surface area contributed by atoms with Crippen LogP contribution in [0.1, 0.15) is 42.2 Å². The molecule has 0 saturated heterocycles. The van der Waals surface area contributed by atoms with Crippen molar-refractivity contribution in [2.75, 3.05) is 20.6 Å². The summed E-state index contributed by atoms with van der Waals surface area (Å²) >= 11 is 1.73. The van der Waals surface area contributed by atoms with Crippen LogP contribution in [-0.4, -0.2) is 31.4 Å². The van der Waals surface area contributed by atoms with Gasteiger partial charge in [0.2, 0.25) is 5.91 Å². The van der Waals surface area contributed by atoms with Crippen molar-refractivity contribution < 1.29 is 4.79 Å². The fourth-order valence-corrected chi connectivity index (χ4v) is 3.68. The van der Waals surface area contributed by atoms with Crippen molar-refractivity contribution in [2.45, 2.75) is 31.7 Å². The Kier molecular flexibility index (Phi) is 6.81. The number of hydrogen-bond acceptors (Lipinski definition) is 3. The minimum absolute atomic E-state index is 0.0626. The minimum Gasteiger partial charge on any atom is -0.354 e. The molecule has 1 aromatic heterocycles. The smallest absolute Gasteiger partial charge is 0.227 e. The summed E-state index contributed by atoms with van der Waals surface area (Å²) in [6.45, 7) is 2.76. The molecule has 0 saturated carbocycles. The predicted molar refractivity (Wildman–Crippen MR) is 97.8 cm³/mol. The molecule has 1 aromatic carbocycles. The van der Waals surface area contributed by atoms with Gasteiger partial charge in [0.15, 0.2) is 0 Å². The van der Waals surface area contributed by atoms with E-state index in [2.05, 4.69) is 48.7 Å². The predicted octanol–water partition coefficient (Wildman–Crippen LogP) is 4.05. The average molecular weight is 330 g/mol. The van der Waals surface area contributed by atoms with Crippen LogP contribution < -0.4 is 5.32 Å². The van der Waals surface area contributed by atoms with E-state index in [1.54, 1.807) is 11.3 Å². The monoisotopic (exact) mass is 330 g/mol. The first-order valence-electron chi connectivity index (χ1n) is 8.16. The van der Waals surface area contributed by atoms with Gasteiger partial charge in [-0.3, -0.25) is 4.79 Å². The van der Waals surface area contributed by atoms with Gasteiger partial charge in [-0.25, -0.2) is 0 Å². The molecule has 4 heteroatoms. The molecule has 0 spiro atoms. The van der Waals surface area contributed by atoms with Gasteiger partial charge in [-0.15, -0.1) is 11.3 Å². The maximum Gasteiger partial charge on any atom is 0.227 e. The lowest BCUT2D eigenvalue weighted by Gasteiger charge is -2.25. The van der Waals surface area contributed by atoms with Crippen molar-refractivity contribution in [1.29, 1.82) is 0 Å². The highest BCUT2D eigenvalue weighted by Crippen LogP contribution is 2.24. The van der Waals surface area contributed by atoms with Crippen molar-refractivity contribution in [3.05, 3.63) is 58.3 Å². The van der Waals surface area contributed by atoms with Crippen molar-refractivity contribution in [2.24, 2.45) is 0 Å². The van der Waals surface area contributed by atoms with Crippen LogP contribution in [0.15, 0.2) is 47.8 Å². The zero-order chi connectivity index (χ0) is 16.7. The van der Waals surface area contributed by atoms with E-state index >= 15 is 0 Å². The second-order valence-corrected chi connectivity index (χ2v) is 6.97. The Hall–Kier alpha value is -1.65. The van der Waals surface area contributed by atoms with Gasteiger partial charge in [-0.05, 0) is 37.5 Å². The minimum atomic E-state index is -0.0626. The first kappa shape index (κ1) is 17.7. The molecule has 2 atom stereocenters. The Labute approximate surface area is 143 Å². The van der Waals surface area contributed by atoms with Crippen molar-refractivity contribution in [3.63, 3.8) is 0 Å². The van der Waals surface area contributed by atoms with E-state index < -0.39 is 0 Å². The fourth-order valence-electron chi connectivity index (χ4n) is 2.76. The van der Waals surface area contributed by atoms with Crippen molar-refractivity contribution in [3.8, 4) is 0 Å². The Balaban J connectivity index is 2.03. The summed E-state index contributed by atoms with van der Waals surface area (Å²) in [4.78, 5) is 16.1. The number of rotatable bonds is 8. The summed E-state index contributed by atoms with van der Waals surface area (Å²) in [6, 6.07) is 14.5.